The summed E-state index contributed by atoms with van der Waals surface area (Å²) in [5.41, 5.74) is 1.26. The molecule has 1 heterocycles. The smallest absolute Gasteiger partial charge is 0.134 e. The second-order valence-electron chi connectivity index (χ2n) is 5.83. The van der Waals surface area contributed by atoms with E-state index in [1.165, 1.54) is 16.3 Å². The molecule has 1 aromatic carbocycles. The minimum absolute atomic E-state index is 0.0129. The van der Waals surface area contributed by atoms with E-state index in [0.717, 1.165) is 18.9 Å². The first-order valence-corrected chi connectivity index (χ1v) is 6.87. The molecule has 0 bridgehead atoms. The van der Waals surface area contributed by atoms with E-state index in [2.05, 4.69) is 67.6 Å². The number of rotatable bonds is 4. The summed E-state index contributed by atoms with van der Waals surface area (Å²) in [5.74, 6) is 0.961. The van der Waals surface area contributed by atoms with Crippen molar-refractivity contribution in [3.05, 3.63) is 36.0 Å². The van der Waals surface area contributed by atoms with Crippen molar-refractivity contribution in [2.24, 2.45) is 0 Å². The number of pyridine rings is 1. The maximum absolute atomic E-state index is 4.59. The molecule has 2 aromatic rings. The first-order chi connectivity index (χ1) is 9.01. The topological polar surface area (TPSA) is 37.0 Å². The fourth-order valence-corrected chi connectivity index (χ4v) is 2.11. The Balaban J connectivity index is 2.46. The molecule has 19 heavy (non-hydrogen) atoms. The first kappa shape index (κ1) is 13.8. The van der Waals surface area contributed by atoms with Gasteiger partial charge in [0.2, 0.25) is 0 Å². The van der Waals surface area contributed by atoms with Crippen LogP contribution in [-0.4, -0.2) is 17.1 Å². The van der Waals surface area contributed by atoms with Gasteiger partial charge < -0.3 is 10.6 Å². The fourth-order valence-electron chi connectivity index (χ4n) is 2.11. The molecule has 0 radical (unpaired) electrons. The molecule has 0 unspecified atom stereocenters. The molecule has 1 aromatic heterocycles. The van der Waals surface area contributed by atoms with Crippen LogP contribution >= 0.6 is 0 Å². The third kappa shape index (κ3) is 3.44. The van der Waals surface area contributed by atoms with E-state index in [4.69, 9.17) is 0 Å². The van der Waals surface area contributed by atoms with Gasteiger partial charge in [0.25, 0.3) is 0 Å². The molecule has 0 atom stereocenters. The van der Waals surface area contributed by atoms with Gasteiger partial charge in [0.15, 0.2) is 0 Å². The standard InChI is InChI=1S/C16H23N3/c1-5-17-10-12-11-18-15(19-16(2,3)4)14-9-7-6-8-13(12)14/h6-9,11,17H,5,10H2,1-4H3,(H,18,19). The number of hydrogen-bond acceptors (Lipinski definition) is 3. The van der Waals surface area contributed by atoms with Crippen LogP contribution in [0.4, 0.5) is 5.82 Å². The van der Waals surface area contributed by atoms with E-state index in [1.54, 1.807) is 0 Å². The number of hydrogen-bond donors (Lipinski definition) is 2. The van der Waals surface area contributed by atoms with Crippen LogP contribution < -0.4 is 10.6 Å². The summed E-state index contributed by atoms with van der Waals surface area (Å²) in [7, 11) is 0. The van der Waals surface area contributed by atoms with Gasteiger partial charge in [-0.3, -0.25) is 0 Å². The molecule has 0 fully saturated rings. The van der Waals surface area contributed by atoms with Crippen LogP contribution in [0, 0.1) is 0 Å². The molecule has 0 saturated carbocycles. The molecule has 2 rings (SSSR count). The summed E-state index contributed by atoms with van der Waals surface area (Å²) < 4.78 is 0. The van der Waals surface area contributed by atoms with Gasteiger partial charge in [-0.25, -0.2) is 4.98 Å². The molecule has 102 valence electrons. The number of nitrogens with zero attached hydrogens (tertiary/aromatic N) is 1. The highest BCUT2D eigenvalue weighted by molar-refractivity contribution is 5.94. The molecule has 2 N–H and O–H groups in total. The molecular formula is C16H23N3. The van der Waals surface area contributed by atoms with Gasteiger partial charge in [-0.05, 0) is 38.3 Å². The summed E-state index contributed by atoms with van der Waals surface area (Å²) in [5, 5.41) is 9.30. The molecular weight excluding hydrogens is 234 g/mol. The molecule has 0 aliphatic heterocycles. The van der Waals surface area contributed by atoms with Crippen molar-refractivity contribution in [1.29, 1.82) is 0 Å². The summed E-state index contributed by atoms with van der Waals surface area (Å²) in [6.07, 6.45) is 1.97. The number of nitrogens with one attached hydrogen (secondary N) is 2. The van der Waals surface area contributed by atoms with E-state index in [1.807, 2.05) is 6.20 Å². The van der Waals surface area contributed by atoms with Crippen molar-refractivity contribution >= 4 is 16.6 Å². The van der Waals surface area contributed by atoms with Crippen LogP contribution in [0.5, 0.6) is 0 Å². The SMILES string of the molecule is CCNCc1cnc(NC(C)(C)C)c2ccccc12. The van der Waals surface area contributed by atoms with Crippen molar-refractivity contribution in [1.82, 2.24) is 10.3 Å². The van der Waals surface area contributed by atoms with E-state index in [-0.39, 0.29) is 5.54 Å². The predicted octanol–water partition coefficient (Wildman–Crippen LogP) is 3.55. The lowest BCUT2D eigenvalue weighted by atomic mass is 10.0. The molecule has 3 nitrogen and oxygen atoms in total. The Morgan fingerprint density at radius 3 is 2.42 bits per heavy atom. The number of anilines is 1. The maximum atomic E-state index is 4.59. The van der Waals surface area contributed by atoms with Gasteiger partial charge in [0.1, 0.15) is 5.82 Å². The third-order valence-electron chi connectivity index (χ3n) is 2.94. The van der Waals surface area contributed by atoms with E-state index >= 15 is 0 Å². The lowest BCUT2D eigenvalue weighted by molar-refractivity contribution is 0.631. The molecule has 0 spiro atoms. The monoisotopic (exact) mass is 257 g/mol. The van der Waals surface area contributed by atoms with Crippen molar-refractivity contribution in [3.8, 4) is 0 Å². The molecule has 3 heteroatoms. The highest BCUT2D eigenvalue weighted by atomic mass is 15.0. The number of aromatic nitrogens is 1. The average molecular weight is 257 g/mol. The van der Waals surface area contributed by atoms with Gasteiger partial charge >= 0.3 is 0 Å². The zero-order chi connectivity index (χ0) is 13.9. The summed E-state index contributed by atoms with van der Waals surface area (Å²) in [4.78, 5) is 4.59. The highest BCUT2D eigenvalue weighted by Crippen LogP contribution is 2.26. The zero-order valence-corrected chi connectivity index (χ0v) is 12.2. The molecule has 0 saturated heterocycles. The Bertz CT molecular complexity index is 555. The Hall–Kier alpha value is -1.61. The Morgan fingerprint density at radius 1 is 1.11 bits per heavy atom. The number of fused-ring (bicyclic) bond motifs is 1. The van der Waals surface area contributed by atoms with E-state index in [0.29, 0.717) is 0 Å². The van der Waals surface area contributed by atoms with Crippen LogP contribution in [0.3, 0.4) is 0 Å². The second kappa shape index (κ2) is 5.57. The Kier molecular flexibility index (Phi) is 4.05. The van der Waals surface area contributed by atoms with Gasteiger partial charge in [-0.2, -0.15) is 0 Å². The predicted molar refractivity (Wildman–Crippen MR) is 82.5 cm³/mol. The van der Waals surface area contributed by atoms with Crippen molar-refractivity contribution in [3.63, 3.8) is 0 Å². The largest absolute Gasteiger partial charge is 0.365 e. The van der Waals surface area contributed by atoms with Crippen LogP contribution in [0.15, 0.2) is 30.5 Å². The first-order valence-electron chi connectivity index (χ1n) is 6.87. The van der Waals surface area contributed by atoms with Crippen LogP contribution in [0.25, 0.3) is 10.8 Å². The Morgan fingerprint density at radius 2 is 1.79 bits per heavy atom. The van der Waals surface area contributed by atoms with E-state index in [9.17, 15) is 0 Å². The summed E-state index contributed by atoms with van der Waals surface area (Å²) in [6.45, 7) is 10.4. The quantitative estimate of drug-likeness (QED) is 0.879. The maximum Gasteiger partial charge on any atom is 0.134 e. The van der Waals surface area contributed by atoms with Gasteiger partial charge in [-0.15, -0.1) is 0 Å². The van der Waals surface area contributed by atoms with Crippen LogP contribution in [0.1, 0.15) is 33.3 Å². The van der Waals surface area contributed by atoms with Crippen molar-refractivity contribution < 1.29 is 0 Å². The second-order valence-corrected chi connectivity index (χ2v) is 5.83. The third-order valence-corrected chi connectivity index (χ3v) is 2.94. The Labute approximate surface area is 115 Å². The van der Waals surface area contributed by atoms with Gasteiger partial charge in [0, 0.05) is 23.7 Å². The fraction of sp³-hybridized carbons (Fsp3) is 0.438. The van der Waals surface area contributed by atoms with Gasteiger partial charge in [-0.1, -0.05) is 31.2 Å². The minimum Gasteiger partial charge on any atom is -0.365 e. The lowest BCUT2D eigenvalue weighted by Gasteiger charge is -2.23. The summed E-state index contributed by atoms with van der Waals surface area (Å²) >= 11 is 0. The zero-order valence-electron chi connectivity index (χ0n) is 12.2. The average Bonchev–Trinajstić information content (AvgIpc) is 2.36. The van der Waals surface area contributed by atoms with E-state index < -0.39 is 0 Å². The lowest BCUT2D eigenvalue weighted by Crippen LogP contribution is -2.27. The molecule has 0 amide bonds. The normalized spacial score (nSPS) is 11.8. The number of benzene rings is 1. The van der Waals surface area contributed by atoms with Crippen LogP contribution in [0.2, 0.25) is 0 Å². The minimum atomic E-state index is 0.0129. The van der Waals surface area contributed by atoms with Crippen molar-refractivity contribution in [2.45, 2.75) is 39.8 Å². The van der Waals surface area contributed by atoms with Gasteiger partial charge in [0.05, 0.1) is 0 Å². The van der Waals surface area contributed by atoms with Crippen LogP contribution in [-0.2, 0) is 6.54 Å². The highest BCUT2D eigenvalue weighted by Gasteiger charge is 2.13. The summed E-state index contributed by atoms with van der Waals surface area (Å²) in [6, 6.07) is 8.44. The van der Waals surface area contributed by atoms with Crippen molar-refractivity contribution in [2.75, 3.05) is 11.9 Å². The molecule has 0 aliphatic carbocycles. The molecule has 0 aliphatic rings.